The van der Waals surface area contributed by atoms with E-state index in [0.717, 1.165) is 18.5 Å². The molecule has 3 nitrogen and oxygen atoms in total. The van der Waals surface area contributed by atoms with Gasteiger partial charge in [0.05, 0.1) is 6.20 Å². The van der Waals surface area contributed by atoms with Crippen molar-refractivity contribution in [2.24, 2.45) is 0 Å². The van der Waals surface area contributed by atoms with Gasteiger partial charge in [0.25, 0.3) is 0 Å². The first-order valence-electron chi connectivity index (χ1n) is 4.21. The van der Waals surface area contributed by atoms with Gasteiger partial charge in [-0.15, -0.1) is 0 Å². The highest BCUT2D eigenvalue weighted by Crippen LogP contribution is 2.24. The van der Waals surface area contributed by atoms with Crippen LogP contribution in [0.1, 0.15) is 6.55 Å². The Hall–Kier alpha value is -1.56. The molecule has 2 aromatic rings. The number of alkyl halides is 2. The summed E-state index contributed by atoms with van der Waals surface area (Å²) in [5.41, 5.74) is 0.304. The molecule has 0 saturated carbocycles. The van der Waals surface area contributed by atoms with Crippen LogP contribution in [0.5, 0.6) is 0 Å². The van der Waals surface area contributed by atoms with Gasteiger partial charge >= 0.3 is 6.55 Å². The van der Waals surface area contributed by atoms with Gasteiger partial charge in [0.2, 0.25) is 0 Å². The van der Waals surface area contributed by atoms with E-state index in [1.54, 1.807) is 0 Å². The Labute approximate surface area is 93.5 Å². The van der Waals surface area contributed by atoms with Gasteiger partial charge < -0.3 is 0 Å². The smallest absolute Gasteiger partial charge is 0.244 e. The van der Waals surface area contributed by atoms with Gasteiger partial charge in [0.1, 0.15) is 11.0 Å². The van der Waals surface area contributed by atoms with Crippen molar-refractivity contribution >= 4 is 11.6 Å². The molecule has 0 N–H and O–H groups in total. The number of rotatable bonds is 2. The molecule has 0 radical (unpaired) electrons. The minimum atomic E-state index is -2.75. The summed E-state index contributed by atoms with van der Waals surface area (Å²) in [4.78, 5) is 3.67. The predicted molar refractivity (Wildman–Crippen MR) is 51.7 cm³/mol. The number of hydrogen-bond donors (Lipinski definition) is 0. The van der Waals surface area contributed by atoms with Gasteiger partial charge in [0, 0.05) is 29.6 Å². The zero-order chi connectivity index (χ0) is 11.7. The highest BCUT2D eigenvalue weighted by molar-refractivity contribution is 6.29. The first-order chi connectivity index (χ1) is 7.58. The van der Waals surface area contributed by atoms with Crippen molar-refractivity contribution in [2.75, 3.05) is 0 Å². The zero-order valence-electron chi connectivity index (χ0n) is 7.74. The molecule has 2 aromatic heterocycles. The second-order valence-electron chi connectivity index (χ2n) is 2.97. The van der Waals surface area contributed by atoms with E-state index < -0.39 is 12.4 Å². The molecule has 0 aromatic carbocycles. The number of hydrogen-bond acceptors (Lipinski definition) is 2. The number of pyridine rings is 1. The maximum absolute atomic E-state index is 13.4. The van der Waals surface area contributed by atoms with Crippen molar-refractivity contribution in [3.05, 3.63) is 35.6 Å². The summed E-state index contributed by atoms with van der Waals surface area (Å²) in [6, 6.07) is 1.01. The molecule has 0 spiro atoms. The minimum absolute atomic E-state index is 0.00232. The summed E-state index contributed by atoms with van der Waals surface area (Å²) in [6.45, 7) is -2.75. The lowest BCUT2D eigenvalue weighted by Gasteiger charge is -1.99. The molecule has 0 atom stereocenters. The van der Waals surface area contributed by atoms with Crippen LogP contribution in [-0.2, 0) is 0 Å². The monoisotopic (exact) mass is 247 g/mol. The Bertz CT molecular complexity index is 512. The van der Waals surface area contributed by atoms with Crippen LogP contribution in [0, 0.1) is 5.82 Å². The zero-order valence-corrected chi connectivity index (χ0v) is 8.50. The van der Waals surface area contributed by atoms with Crippen molar-refractivity contribution in [1.29, 1.82) is 0 Å². The number of halogens is 4. The van der Waals surface area contributed by atoms with Crippen LogP contribution in [-0.4, -0.2) is 14.8 Å². The molecule has 0 amide bonds. The van der Waals surface area contributed by atoms with Gasteiger partial charge in [-0.25, -0.2) is 14.1 Å². The molecule has 0 saturated heterocycles. The lowest BCUT2D eigenvalue weighted by atomic mass is 10.1. The van der Waals surface area contributed by atoms with Gasteiger partial charge in [0.15, 0.2) is 0 Å². The van der Waals surface area contributed by atoms with Crippen molar-refractivity contribution in [1.82, 2.24) is 14.8 Å². The van der Waals surface area contributed by atoms with Gasteiger partial charge in [-0.05, 0) is 0 Å². The van der Waals surface area contributed by atoms with E-state index in [9.17, 15) is 13.2 Å². The highest BCUT2D eigenvalue weighted by atomic mass is 35.5. The van der Waals surface area contributed by atoms with Crippen LogP contribution < -0.4 is 0 Å². The minimum Gasteiger partial charge on any atom is -0.244 e. The van der Waals surface area contributed by atoms with Gasteiger partial charge in [-0.3, -0.25) is 0 Å². The molecule has 0 aliphatic carbocycles. The Morgan fingerprint density at radius 3 is 2.62 bits per heavy atom. The molecule has 7 heteroatoms. The topological polar surface area (TPSA) is 30.7 Å². The Balaban J connectivity index is 2.42. The molecule has 0 fully saturated rings. The van der Waals surface area contributed by atoms with E-state index in [4.69, 9.17) is 11.6 Å². The Kier molecular flexibility index (Phi) is 2.82. The SMILES string of the molecule is Fc1cc(Cl)ncc1-c1cnn(C(F)F)c1. The molecule has 2 rings (SSSR count). The average Bonchev–Trinajstić information content (AvgIpc) is 2.66. The lowest BCUT2D eigenvalue weighted by molar-refractivity contribution is 0.0566. The van der Waals surface area contributed by atoms with Gasteiger partial charge in [-0.1, -0.05) is 11.6 Å². The van der Waals surface area contributed by atoms with E-state index in [1.165, 1.54) is 6.20 Å². The molecular formula is C9H5ClF3N3. The second kappa shape index (κ2) is 4.13. The quantitative estimate of drug-likeness (QED) is 0.764. The summed E-state index contributed by atoms with van der Waals surface area (Å²) in [7, 11) is 0. The average molecular weight is 248 g/mol. The summed E-state index contributed by atoms with van der Waals surface area (Å²) in [5.74, 6) is -0.631. The molecular weight excluding hydrogens is 243 g/mol. The second-order valence-corrected chi connectivity index (χ2v) is 3.36. The van der Waals surface area contributed by atoms with Crippen molar-refractivity contribution in [2.45, 2.75) is 6.55 Å². The summed E-state index contributed by atoms with van der Waals surface area (Å²) >= 11 is 5.47. The molecule has 0 aliphatic heterocycles. The molecule has 0 aliphatic rings. The molecule has 16 heavy (non-hydrogen) atoms. The fourth-order valence-electron chi connectivity index (χ4n) is 1.20. The first kappa shape index (κ1) is 10.9. The number of nitrogens with zero attached hydrogens (tertiary/aromatic N) is 3. The third kappa shape index (κ3) is 2.01. The van der Waals surface area contributed by atoms with Gasteiger partial charge in [-0.2, -0.15) is 13.9 Å². The maximum Gasteiger partial charge on any atom is 0.333 e. The van der Waals surface area contributed by atoms with Crippen molar-refractivity contribution in [3.63, 3.8) is 0 Å². The third-order valence-corrected chi connectivity index (χ3v) is 2.14. The van der Waals surface area contributed by atoms with E-state index in [2.05, 4.69) is 10.1 Å². The molecule has 0 unspecified atom stereocenters. The van der Waals surface area contributed by atoms with Crippen molar-refractivity contribution in [3.8, 4) is 11.1 Å². The first-order valence-corrected chi connectivity index (χ1v) is 4.59. The standard InChI is InChI=1S/C9H5ClF3N3/c10-8-1-7(11)6(3-14-8)5-2-15-16(4-5)9(12)13/h1-4,9H. The fraction of sp³-hybridized carbons (Fsp3) is 0.111. The largest absolute Gasteiger partial charge is 0.333 e. The third-order valence-electron chi connectivity index (χ3n) is 1.93. The predicted octanol–water partition coefficient (Wildman–Crippen LogP) is 3.13. The van der Waals surface area contributed by atoms with Crippen LogP contribution in [0.2, 0.25) is 5.15 Å². The van der Waals surface area contributed by atoms with Crippen LogP contribution in [0.3, 0.4) is 0 Å². The molecule has 2 heterocycles. The van der Waals surface area contributed by atoms with Crippen molar-refractivity contribution < 1.29 is 13.2 Å². The van der Waals surface area contributed by atoms with E-state index in [0.29, 0.717) is 4.68 Å². The summed E-state index contributed by atoms with van der Waals surface area (Å²) < 4.78 is 38.3. The number of aromatic nitrogens is 3. The fourth-order valence-corrected chi connectivity index (χ4v) is 1.35. The Morgan fingerprint density at radius 1 is 1.31 bits per heavy atom. The lowest BCUT2D eigenvalue weighted by Crippen LogP contribution is -1.96. The normalized spacial score (nSPS) is 11.1. The van der Waals surface area contributed by atoms with Crippen LogP contribution >= 0.6 is 11.6 Å². The molecule has 0 bridgehead atoms. The molecule has 84 valence electrons. The summed E-state index contributed by atoms with van der Waals surface area (Å²) in [6.07, 6.45) is 3.35. The highest BCUT2D eigenvalue weighted by Gasteiger charge is 2.12. The maximum atomic E-state index is 13.4. The van der Waals surface area contributed by atoms with E-state index in [1.807, 2.05) is 0 Å². The van der Waals surface area contributed by atoms with Crippen LogP contribution in [0.25, 0.3) is 11.1 Å². The van der Waals surface area contributed by atoms with Crippen LogP contribution in [0.15, 0.2) is 24.7 Å². The van der Waals surface area contributed by atoms with E-state index in [-0.39, 0.29) is 16.3 Å². The Morgan fingerprint density at radius 2 is 2.06 bits per heavy atom. The summed E-state index contributed by atoms with van der Waals surface area (Å²) in [5, 5.41) is 3.40. The van der Waals surface area contributed by atoms with E-state index >= 15 is 0 Å². The van der Waals surface area contributed by atoms with Crippen LogP contribution in [0.4, 0.5) is 13.2 Å².